The summed E-state index contributed by atoms with van der Waals surface area (Å²) in [6.45, 7) is 5.70. The highest BCUT2D eigenvalue weighted by molar-refractivity contribution is 7.11. The highest BCUT2D eigenvalue weighted by Crippen LogP contribution is 2.35. The van der Waals surface area contributed by atoms with Crippen molar-refractivity contribution < 1.29 is 19.1 Å². The first-order chi connectivity index (χ1) is 18.1. The van der Waals surface area contributed by atoms with Crippen LogP contribution in [0.1, 0.15) is 41.0 Å². The Morgan fingerprint density at radius 1 is 1.08 bits per heavy atom. The van der Waals surface area contributed by atoms with Crippen LogP contribution in [0.4, 0.5) is 11.4 Å². The first-order valence-corrected chi connectivity index (χ1v) is 14.2. The second kappa shape index (κ2) is 10.5. The fourth-order valence-corrected chi connectivity index (χ4v) is 6.66. The van der Waals surface area contributed by atoms with Crippen LogP contribution in [0.3, 0.4) is 0 Å². The van der Waals surface area contributed by atoms with Crippen LogP contribution in [-0.2, 0) is 20.7 Å². The van der Waals surface area contributed by atoms with Crippen molar-refractivity contribution in [3.63, 3.8) is 0 Å². The van der Waals surface area contributed by atoms with Gasteiger partial charge in [-0.3, -0.25) is 19.3 Å². The molecule has 3 saturated heterocycles. The SMILES string of the molecule is O=C(c1nccs1)N1CCN(C2CC(=O)N(c3ccc4c(c3)CCN4C(=O)CC3CCOCC3)C2)CC1. The Balaban J connectivity index is 1.06. The van der Waals surface area contributed by atoms with Gasteiger partial charge in [-0.05, 0) is 48.9 Å². The van der Waals surface area contributed by atoms with E-state index < -0.39 is 0 Å². The van der Waals surface area contributed by atoms with E-state index in [0.29, 0.717) is 49.9 Å². The third-order valence-electron chi connectivity index (χ3n) is 8.21. The van der Waals surface area contributed by atoms with E-state index in [1.165, 1.54) is 11.3 Å². The fourth-order valence-electron chi connectivity index (χ4n) is 6.06. The third kappa shape index (κ3) is 5.02. The van der Waals surface area contributed by atoms with E-state index in [4.69, 9.17) is 4.74 Å². The Bertz CT molecular complexity index is 1160. The number of piperazine rings is 1. The molecule has 1 atom stereocenters. The predicted molar refractivity (Wildman–Crippen MR) is 141 cm³/mol. The van der Waals surface area contributed by atoms with Crippen molar-refractivity contribution in [2.75, 3.05) is 62.3 Å². The van der Waals surface area contributed by atoms with Gasteiger partial charge in [-0.15, -0.1) is 11.3 Å². The quantitative estimate of drug-likeness (QED) is 0.598. The number of carbonyl (C=O) groups is 3. The molecule has 6 rings (SSSR count). The molecule has 37 heavy (non-hydrogen) atoms. The smallest absolute Gasteiger partial charge is 0.282 e. The van der Waals surface area contributed by atoms with Gasteiger partial charge in [0.05, 0.1) is 0 Å². The van der Waals surface area contributed by atoms with Crippen LogP contribution in [0.15, 0.2) is 29.8 Å². The number of fused-ring (bicyclic) bond motifs is 1. The normalized spacial score (nSPS) is 23.1. The van der Waals surface area contributed by atoms with E-state index in [0.717, 1.165) is 62.5 Å². The molecular weight excluding hydrogens is 490 g/mol. The van der Waals surface area contributed by atoms with E-state index >= 15 is 0 Å². The zero-order valence-electron chi connectivity index (χ0n) is 21.0. The van der Waals surface area contributed by atoms with Crippen molar-refractivity contribution in [3.8, 4) is 0 Å². The Kier molecular flexibility index (Phi) is 6.96. The van der Waals surface area contributed by atoms with Crippen LogP contribution in [-0.4, -0.2) is 91.0 Å². The maximum absolute atomic E-state index is 13.0. The van der Waals surface area contributed by atoms with Crippen molar-refractivity contribution >= 4 is 40.4 Å². The number of anilines is 2. The van der Waals surface area contributed by atoms with Crippen LogP contribution in [0.25, 0.3) is 0 Å². The lowest BCUT2D eigenvalue weighted by Gasteiger charge is -2.37. The van der Waals surface area contributed by atoms with Gasteiger partial charge in [-0.2, -0.15) is 0 Å². The number of thiazole rings is 1. The molecule has 9 nitrogen and oxygen atoms in total. The second-order valence-electron chi connectivity index (χ2n) is 10.4. The molecule has 5 heterocycles. The number of carbonyl (C=O) groups excluding carboxylic acids is 3. The molecule has 4 aliphatic heterocycles. The molecule has 4 aliphatic rings. The van der Waals surface area contributed by atoms with Crippen molar-refractivity contribution in [3.05, 3.63) is 40.3 Å². The van der Waals surface area contributed by atoms with E-state index in [-0.39, 0.29) is 23.8 Å². The number of rotatable bonds is 5. The van der Waals surface area contributed by atoms with E-state index in [1.54, 1.807) is 6.20 Å². The zero-order chi connectivity index (χ0) is 25.4. The summed E-state index contributed by atoms with van der Waals surface area (Å²) in [7, 11) is 0. The highest BCUT2D eigenvalue weighted by atomic mass is 32.1. The molecule has 3 fully saturated rings. The van der Waals surface area contributed by atoms with Gasteiger partial charge >= 0.3 is 0 Å². The molecule has 0 saturated carbocycles. The van der Waals surface area contributed by atoms with Gasteiger partial charge in [0.15, 0.2) is 5.01 Å². The van der Waals surface area contributed by atoms with Gasteiger partial charge in [0.1, 0.15) is 0 Å². The van der Waals surface area contributed by atoms with Crippen molar-refractivity contribution in [1.29, 1.82) is 0 Å². The largest absolute Gasteiger partial charge is 0.381 e. The summed E-state index contributed by atoms with van der Waals surface area (Å²) in [5.41, 5.74) is 3.05. The monoisotopic (exact) mass is 523 g/mol. The lowest BCUT2D eigenvalue weighted by atomic mass is 9.96. The van der Waals surface area contributed by atoms with E-state index in [1.807, 2.05) is 32.2 Å². The number of hydrogen-bond acceptors (Lipinski definition) is 7. The maximum atomic E-state index is 13.0. The molecule has 0 aliphatic carbocycles. The van der Waals surface area contributed by atoms with Crippen LogP contribution in [0, 0.1) is 5.92 Å². The minimum atomic E-state index is -0.00259. The Morgan fingerprint density at radius 2 is 1.89 bits per heavy atom. The summed E-state index contributed by atoms with van der Waals surface area (Å²) in [6.07, 6.45) is 5.48. The molecule has 0 radical (unpaired) electrons. The first-order valence-electron chi connectivity index (χ1n) is 13.3. The van der Waals surface area contributed by atoms with Crippen LogP contribution in [0.2, 0.25) is 0 Å². The standard InChI is InChI=1S/C27H33N5O4S/c33-24(15-19-4-12-36-13-5-19)31-7-3-20-16-21(1-2-23(20)31)32-18-22(17-25(32)34)29-8-10-30(11-9-29)27(35)26-28-6-14-37-26/h1-2,6,14,16,19,22H,3-5,7-13,15,17-18H2. The third-order valence-corrected chi connectivity index (χ3v) is 8.97. The molecule has 3 amide bonds. The Labute approximate surface area is 221 Å². The van der Waals surface area contributed by atoms with E-state index in [9.17, 15) is 14.4 Å². The Morgan fingerprint density at radius 3 is 2.65 bits per heavy atom. The topological polar surface area (TPSA) is 86.3 Å². The van der Waals surface area contributed by atoms with Crippen LogP contribution >= 0.6 is 11.3 Å². The summed E-state index contributed by atoms with van der Waals surface area (Å²) in [5, 5.41) is 2.36. The summed E-state index contributed by atoms with van der Waals surface area (Å²) < 4.78 is 5.43. The minimum Gasteiger partial charge on any atom is -0.381 e. The number of ether oxygens (including phenoxy) is 1. The van der Waals surface area contributed by atoms with Crippen LogP contribution in [0.5, 0.6) is 0 Å². The molecule has 2 aromatic rings. The molecule has 0 N–H and O–H groups in total. The molecule has 10 heteroatoms. The van der Waals surface area contributed by atoms with Crippen LogP contribution < -0.4 is 9.80 Å². The number of amides is 3. The average molecular weight is 524 g/mol. The number of aromatic nitrogens is 1. The fraction of sp³-hybridized carbons (Fsp3) is 0.556. The van der Waals surface area contributed by atoms with Gasteiger partial charge in [0.2, 0.25) is 11.8 Å². The molecule has 1 unspecified atom stereocenters. The second-order valence-corrected chi connectivity index (χ2v) is 11.3. The summed E-state index contributed by atoms with van der Waals surface area (Å²) in [6, 6.07) is 6.25. The van der Waals surface area contributed by atoms with Crippen molar-refractivity contribution in [2.24, 2.45) is 5.92 Å². The molecule has 0 spiro atoms. The summed E-state index contributed by atoms with van der Waals surface area (Å²) in [4.78, 5) is 50.8. The van der Waals surface area contributed by atoms with E-state index in [2.05, 4.69) is 16.0 Å². The first kappa shape index (κ1) is 24.5. The summed E-state index contributed by atoms with van der Waals surface area (Å²) in [5.74, 6) is 0.744. The minimum absolute atomic E-state index is 0.00259. The number of nitrogens with zero attached hydrogens (tertiary/aromatic N) is 5. The molecule has 0 bridgehead atoms. The zero-order valence-corrected chi connectivity index (χ0v) is 21.8. The molecule has 1 aromatic carbocycles. The predicted octanol–water partition coefficient (Wildman–Crippen LogP) is 2.41. The number of hydrogen-bond donors (Lipinski definition) is 0. The van der Waals surface area contributed by atoms with Crippen molar-refractivity contribution in [2.45, 2.75) is 38.1 Å². The molecule has 1 aromatic heterocycles. The highest BCUT2D eigenvalue weighted by Gasteiger charge is 2.37. The van der Waals surface area contributed by atoms with Gasteiger partial charge < -0.3 is 19.4 Å². The van der Waals surface area contributed by atoms with Gasteiger partial charge in [-0.1, -0.05) is 0 Å². The van der Waals surface area contributed by atoms with Crippen molar-refractivity contribution in [1.82, 2.24) is 14.8 Å². The lowest BCUT2D eigenvalue weighted by molar-refractivity contribution is -0.120. The number of benzene rings is 1. The van der Waals surface area contributed by atoms with Gasteiger partial charge in [0, 0.05) is 94.3 Å². The average Bonchev–Trinajstić information content (AvgIpc) is 3.68. The summed E-state index contributed by atoms with van der Waals surface area (Å²) >= 11 is 1.37. The molecular formula is C27H33N5O4S. The maximum Gasteiger partial charge on any atom is 0.282 e. The Hall–Kier alpha value is -2.82. The lowest BCUT2D eigenvalue weighted by Crippen LogP contribution is -2.52. The molecule has 196 valence electrons. The van der Waals surface area contributed by atoms with Gasteiger partial charge in [-0.25, -0.2) is 4.98 Å². The van der Waals surface area contributed by atoms with Gasteiger partial charge in [0.25, 0.3) is 5.91 Å².